The lowest BCUT2D eigenvalue weighted by Crippen LogP contribution is -2.65. The van der Waals surface area contributed by atoms with Gasteiger partial charge >= 0.3 is 11.8 Å². The molecule has 1 aromatic carbocycles. The normalized spacial score (nSPS) is 26.0. The van der Waals surface area contributed by atoms with Gasteiger partial charge in [0, 0.05) is 46.1 Å². The summed E-state index contributed by atoms with van der Waals surface area (Å²) in [5.74, 6) is -4.69. The Hall–Kier alpha value is -4.14. The molecule has 2 bridgehead atoms. The van der Waals surface area contributed by atoms with Crippen LogP contribution in [-0.4, -0.2) is 89.2 Å². The fraction of sp³-hybridized carbons (Fsp3) is 0.500. The smallest absolute Gasteiger partial charge is 0.312 e. The number of Topliss-reactive ketones (excluding diaryl/α,β-unsaturated/α-hetero) is 1. The van der Waals surface area contributed by atoms with E-state index in [0.29, 0.717) is 31.2 Å². The van der Waals surface area contributed by atoms with E-state index in [1.807, 2.05) is 0 Å². The van der Waals surface area contributed by atoms with E-state index in [0.717, 1.165) is 4.90 Å². The summed E-state index contributed by atoms with van der Waals surface area (Å²) in [5, 5.41) is 12.1. The average Bonchev–Trinajstić information content (AvgIpc) is 3.13. The Morgan fingerprint density at radius 1 is 1.11 bits per heavy atom. The molecular weight excluding hydrogens is 495 g/mol. The maximum absolute atomic E-state index is 13.4. The van der Waals surface area contributed by atoms with Gasteiger partial charge in [-0.1, -0.05) is 12.1 Å². The molecule has 38 heavy (non-hydrogen) atoms. The summed E-state index contributed by atoms with van der Waals surface area (Å²) < 4.78 is 13.2. The molecule has 1 saturated carbocycles. The van der Waals surface area contributed by atoms with Gasteiger partial charge in [-0.3, -0.25) is 28.9 Å². The van der Waals surface area contributed by atoms with Gasteiger partial charge < -0.3 is 15.1 Å². The summed E-state index contributed by atoms with van der Waals surface area (Å²) in [6, 6.07) is 5.92. The minimum Gasteiger partial charge on any atom is -0.350 e. The standard InChI is InChI=1S/C26H29FN6O5/c1-31(2)22(37)23(38)32(3)26-10-8-25(9-11-26,12-13-28)15-33-21(36)19(34)18(30-24(26)33)20(35)29-14-16-4-6-17(27)7-5-16/h4-7,18H,8-12,14-15H2,1-3H3,(H,29,35). The monoisotopic (exact) mass is 524 g/mol. The minimum atomic E-state index is -1.68. The van der Waals surface area contributed by atoms with E-state index in [9.17, 15) is 33.6 Å². The lowest BCUT2D eigenvalue weighted by molar-refractivity contribution is -0.152. The number of amides is 4. The number of ketones is 1. The zero-order valence-electron chi connectivity index (χ0n) is 21.5. The van der Waals surface area contributed by atoms with Crippen LogP contribution >= 0.6 is 0 Å². The van der Waals surface area contributed by atoms with Crippen molar-refractivity contribution in [2.24, 2.45) is 10.4 Å². The van der Waals surface area contributed by atoms with E-state index in [4.69, 9.17) is 0 Å². The lowest BCUT2D eigenvalue weighted by Gasteiger charge is -2.47. The summed E-state index contributed by atoms with van der Waals surface area (Å²) in [5.41, 5.74) is -1.23. The van der Waals surface area contributed by atoms with Crippen LogP contribution in [0.25, 0.3) is 0 Å². The number of carbonyl (C=O) groups excluding carboxylic acids is 5. The van der Waals surface area contributed by atoms with Gasteiger partial charge in [-0.05, 0) is 43.4 Å². The van der Waals surface area contributed by atoms with Crippen LogP contribution in [0.5, 0.6) is 0 Å². The van der Waals surface area contributed by atoms with Crippen molar-refractivity contribution in [1.82, 2.24) is 20.0 Å². The predicted molar refractivity (Wildman–Crippen MR) is 132 cm³/mol. The molecule has 1 N–H and O–H groups in total. The fourth-order valence-electron chi connectivity index (χ4n) is 5.51. The van der Waals surface area contributed by atoms with Crippen LogP contribution in [0.15, 0.2) is 29.3 Å². The third-order valence-corrected chi connectivity index (χ3v) is 7.88. The number of aliphatic imine (C=N–C) groups is 1. The van der Waals surface area contributed by atoms with E-state index in [2.05, 4.69) is 16.4 Å². The topological polar surface area (TPSA) is 143 Å². The van der Waals surface area contributed by atoms with Crippen LogP contribution in [0.3, 0.4) is 0 Å². The Balaban J connectivity index is 1.73. The molecule has 1 atom stereocenters. The first-order valence-electron chi connectivity index (χ1n) is 12.3. The largest absolute Gasteiger partial charge is 0.350 e. The van der Waals surface area contributed by atoms with Crippen LogP contribution in [-0.2, 0) is 30.5 Å². The maximum Gasteiger partial charge on any atom is 0.312 e. The third kappa shape index (κ3) is 4.53. The quantitative estimate of drug-likeness (QED) is 0.436. The first kappa shape index (κ1) is 26.9. The number of halogens is 1. The molecule has 12 heteroatoms. The lowest BCUT2D eigenvalue weighted by atomic mass is 9.67. The highest BCUT2D eigenvalue weighted by molar-refractivity contribution is 6.46. The number of amidine groups is 1. The Bertz CT molecular complexity index is 1260. The van der Waals surface area contributed by atoms with Gasteiger partial charge in [0.15, 0.2) is 6.04 Å². The number of nitrogens with zero attached hydrogens (tertiary/aromatic N) is 5. The highest BCUT2D eigenvalue weighted by Gasteiger charge is 2.59. The minimum absolute atomic E-state index is 0.0161. The second-order valence-electron chi connectivity index (χ2n) is 10.4. The number of hydrogen-bond acceptors (Lipinski definition) is 7. The molecule has 0 aromatic heterocycles. The highest BCUT2D eigenvalue weighted by atomic mass is 19.1. The molecule has 0 spiro atoms. The van der Waals surface area contributed by atoms with Crippen molar-refractivity contribution in [3.05, 3.63) is 35.6 Å². The maximum atomic E-state index is 13.4. The number of carbonyl (C=O) groups is 5. The van der Waals surface area contributed by atoms with E-state index >= 15 is 0 Å². The van der Waals surface area contributed by atoms with E-state index in [1.165, 1.54) is 55.2 Å². The van der Waals surface area contributed by atoms with Gasteiger partial charge in [0.2, 0.25) is 0 Å². The molecule has 5 rings (SSSR count). The van der Waals surface area contributed by atoms with E-state index in [-0.39, 0.29) is 25.3 Å². The van der Waals surface area contributed by atoms with Crippen LogP contribution in [0.2, 0.25) is 0 Å². The van der Waals surface area contributed by atoms with E-state index in [1.54, 1.807) is 0 Å². The van der Waals surface area contributed by atoms with Crippen molar-refractivity contribution >= 4 is 35.2 Å². The Labute approximate surface area is 219 Å². The first-order valence-corrected chi connectivity index (χ1v) is 12.3. The molecule has 1 unspecified atom stereocenters. The van der Waals surface area contributed by atoms with Gasteiger partial charge in [-0.2, -0.15) is 5.26 Å². The molecule has 200 valence electrons. The van der Waals surface area contributed by atoms with Crippen molar-refractivity contribution in [2.45, 2.75) is 50.2 Å². The highest BCUT2D eigenvalue weighted by Crippen LogP contribution is 2.51. The van der Waals surface area contributed by atoms with Crippen molar-refractivity contribution in [3.8, 4) is 6.07 Å². The number of nitrogens with one attached hydrogen (secondary N) is 1. The molecule has 2 saturated heterocycles. The third-order valence-electron chi connectivity index (χ3n) is 7.88. The van der Waals surface area contributed by atoms with Gasteiger partial charge in [-0.15, -0.1) is 0 Å². The van der Waals surface area contributed by atoms with Crippen molar-refractivity contribution in [1.29, 1.82) is 5.26 Å². The molecule has 11 nitrogen and oxygen atoms in total. The molecule has 4 aliphatic rings. The van der Waals surface area contributed by atoms with Gasteiger partial charge in [0.05, 0.1) is 6.07 Å². The van der Waals surface area contributed by atoms with Crippen molar-refractivity contribution in [3.63, 3.8) is 0 Å². The molecule has 3 aliphatic heterocycles. The molecule has 1 aromatic rings. The summed E-state index contributed by atoms with van der Waals surface area (Å²) in [6.07, 6.45) is 1.68. The molecule has 1 aliphatic carbocycles. The van der Waals surface area contributed by atoms with E-state index < -0.39 is 52.2 Å². The number of benzene rings is 1. The summed E-state index contributed by atoms with van der Waals surface area (Å²) >= 11 is 0. The fourth-order valence-corrected chi connectivity index (χ4v) is 5.51. The molecule has 0 radical (unpaired) electrons. The molecular formula is C26H29FN6O5. The van der Waals surface area contributed by atoms with Crippen LogP contribution in [0.4, 0.5) is 4.39 Å². The Kier molecular flexibility index (Phi) is 7.06. The SMILES string of the molecule is CN(C)C(=O)C(=O)N(C)C12CCC(CC#N)(CC1)CN1C(=O)C(=O)C(C(=O)NCc3ccc(F)cc3)N=C12. The summed E-state index contributed by atoms with van der Waals surface area (Å²) in [4.78, 5) is 73.3. The zero-order chi connectivity index (χ0) is 27.8. The molecule has 3 fully saturated rings. The second-order valence-corrected chi connectivity index (χ2v) is 10.4. The second kappa shape index (κ2) is 9.96. The predicted octanol–water partition coefficient (Wildman–Crippen LogP) is 0.393. The summed E-state index contributed by atoms with van der Waals surface area (Å²) in [7, 11) is 4.36. The molecule has 3 heterocycles. The number of likely N-dealkylation sites (N-methyl/N-ethyl adjacent to an activating group) is 2. The van der Waals surface area contributed by atoms with Gasteiger partial charge in [0.25, 0.3) is 17.6 Å². The van der Waals surface area contributed by atoms with Crippen molar-refractivity contribution in [2.75, 3.05) is 27.7 Å². The average molecular weight is 525 g/mol. The van der Waals surface area contributed by atoms with Crippen LogP contribution < -0.4 is 5.32 Å². The molecule has 4 amide bonds. The Morgan fingerprint density at radius 2 is 1.74 bits per heavy atom. The number of fused-ring (bicyclic) bond motifs is 2. The number of nitriles is 1. The number of rotatable bonds is 5. The van der Waals surface area contributed by atoms with Crippen LogP contribution in [0, 0.1) is 22.6 Å². The van der Waals surface area contributed by atoms with Crippen molar-refractivity contribution < 1.29 is 28.4 Å². The first-order chi connectivity index (χ1) is 17.9. The number of hydrogen-bond donors (Lipinski definition) is 1. The van der Waals surface area contributed by atoms with Gasteiger partial charge in [0.1, 0.15) is 17.2 Å². The Morgan fingerprint density at radius 3 is 2.32 bits per heavy atom. The van der Waals surface area contributed by atoms with Crippen LogP contribution in [0.1, 0.15) is 37.7 Å². The summed E-state index contributed by atoms with van der Waals surface area (Å²) in [6.45, 7) is 0.0388. The zero-order valence-corrected chi connectivity index (χ0v) is 21.5. The van der Waals surface area contributed by atoms with Gasteiger partial charge in [-0.25, -0.2) is 9.38 Å².